The van der Waals surface area contributed by atoms with E-state index in [-0.39, 0.29) is 30.4 Å². The number of nitrogens with zero attached hydrogens (tertiary/aromatic N) is 2. The highest BCUT2D eigenvalue weighted by Gasteiger charge is 2.53. The second kappa shape index (κ2) is 6.96. The number of amides is 4. The van der Waals surface area contributed by atoms with E-state index in [1.165, 1.54) is 0 Å². The monoisotopic (exact) mass is 349 g/mol. The molecule has 2 saturated heterocycles. The van der Waals surface area contributed by atoms with Gasteiger partial charge in [-0.25, -0.2) is 4.79 Å². The van der Waals surface area contributed by atoms with Crippen molar-refractivity contribution in [2.75, 3.05) is 6.54 Å². The number of hydrogen-bond donors (Lipinski definition) is 1. The summed E-state index contributed by atoms with van der Waals surface area (Å²) in [6.07, 6.45) is 7.52. The molecule has 2 heterocycles. The molecule has 140 valence electrons. The Morgan fingerprint density at radius 1 is 1.12 bits per heavy atom. The molecule has 4 amide bonds. The summed E-state index contributed by atoms with van der Waals surface area (Å²) < 4.78 is 0. The number of hydrogen-bond acceptors (Lipinski definition) is 3. The van der Waals surface area contributed by atoms with Crippen LogP contribution in [0.15, 0.2) is 0 Å². The van der Waals surface area contributed by atoms with Gasteiger partial charge in [-0.1, -0.05) is 13.3 Å². The topological polar surface area (TPSA) is 69.7 Å². The molecule has 1 spiro atoms. The third-order valence-electron chi connectivity index (χ3n) is 6.56. The van der Waals surface area contributed by atoms with Gasteiger partial charge in [0, 0.05) is 12.1 Å². The predicted molar refractivity (Wildman–Crippen MR) is 94.8 cm³/mol. The number of likely N-dealkylation sites (tertiary alicyclic amines) is 1. The first-order chi connectivity index (χ1) is 11.9. The zero-order chi connectivity index (χ0) is 18.2. The SMILES string of the molecule is CCC1CCC2(CC1)NC(=O)N(CC(=O)N1[C@H](C)CCC[C@@H]1C)C2=O. The molecule has 1 N–H and O–H groups in total. The van der Waals surface area contributed by atoms with Crippen molar-refractivity contribution in [3.8, 4) is 0 Å². The van der Waals surface area contributed by atoms with Crippen LogP contribution in [0.3, 0.4) is 0 Å². The van der Waals surface area contributed by atoms with Gasteiger partial charge in [0.1, 0.15) is 12.1 Å². The van der Waals surface area contributed by atoms with E-state index in [1.54, 1.807) is 0 Å². The van der Waals surface area contributed by atoms with E-state index in [2.05, 4.69) is 12.2 Å². The third kappa shape index (κ3) is 3.27. The Kier molecular flexibility index (Phi) is 5.07. The fraction of sp³-hybridized carbons (Fsp3) is 0.842. The average Bonchev–Trinajstić information content (AvgIpc) is 2.80. The molecule has 2 atom stereocenters. The number of rotatable bonds is 3. The van der Waals surface area contributed by atoms with Crippen molar-refractivity contribution in [2.24, 2.45) is 5.92 Å². The van der Waals surface area contributed by atoms with E-state index in [0.29, 0.717) is 18.8 Å². The quantitative estimate of drug-likeness (QED) is 0.797. The predicted octanol–water partition coefficient (Wildman–Crippen LogP) is 2.67. The lowest BCUT2D eigenvalue weighted by atomic mass is 9.75. The van der Waals surface area contributed by atoms with Crippen LogP contribution in [0.25, 0.3) is 0 Å². The maximum Gasteiger partial charge on any atom is 0.325 e. The number of carbonyl (C=O) groups is 3. The Hall–Kier alpha value is -1.59. The van der Waals surface area contributed by atoms with Crippen LogP contribution >= 0.6 is 0 Å². The molecule has 0 radical (unpaired) electrons. The summed E-state index contributed by atoms with van der Waals surface area (Å²) >= 11 is 0. The van der Waals surface area contributed by atoms with Gasteiger partial charge in [0.25, 0.3) is 5.91 Å². The van der Waals surface area contributed by atoms with Crippen LogP contribution in [0.1, 0.15) is 72.1 Å². The fourth-order valence-electron chi connectivity index (χ4n) is 4.87. The number of piperidine rings is 1. The van der Waals surface area contributed by atoms with Gasteiger partial charge in [-0.05, 0) is 64.7 Å². The van der Waals surface area contributed by atoms with Crippen molar-refractivity contribution in [3.05, 3.63) is 0 Å². The van der Waals surface area contributed by atoms with Crippen molar-refractivity contribution >= 4 is 17.8 Å². The molecule has 3 aliphatic rings. The minimum Gasteiger partial charge on any atom is -0.336 e. The van der Waals surface area contributed by atoms with Crippen LogP contribution < -0.4 is 5.32 Å². The Bertz CT molecular complexity index is 544. The van der Waals surface area contributed by atoms with E-state index in [4.69, 9.17) is 0 Å². The van der Waals surface area contributed by atoms with Gasteiger partial charge >= 0.3 is 6.03 Å². The molecule has 0 aromatic carbocycles. The van der Waals surface area contributed by atoms with Crippen LogP contribution in [-0.4, -0.2) is 51.8 Å². The first-order valence-electron chi connectivity index (χ1n) is 9.83. The molecule has 0 aromatic heterocycles. The van der Waals surface area contributed by atoms with Gasteiger partial charge in [0.05, 0.1) is 0 Å². The number of nitrogens with one attached hydrogen (secondary N) is 1. The van der Waals surface area contributed by atoms with Crippen molar-refractivity contribution in [2.45, 2.75) is 89.8 Å². The van der Waals surface area contributed by atoms with Crippen molar-refractivity contribution in [1.29, 1.82) is 0 Å². The Labute approximate surface area is 150 Å². The lowest BCUT2D eigenvalue weighted by molar-refractivity contribution is -0.143. The highest BCUT2D eigenvalue weighted by atomic mass is 16.2. The summed E-state index contributed by atoms with van der Waals surface area (Å²) in [4.78, 5) is 41.2. The van der Waals surface area contributed by atoms with Gasteiger partial charge in [0.2, 0.25) is 5.91 Å². The summed E-state index contributed by atoms with van der Waals surface area (Å²) in [5.41, 5.74) is -0.762. The smallest absolute Gasteiger partial charge is 0.325 e. The molecule has 0 unspecified atom stereocenters. The van der Waals surface area contributed by atoms with Gasteiger partial charge in [0.15, 0.2) is 0 Å². The van der Waals surface area contributed by atoms with Gasteiger partial charge in [-0.2, -0.15) is 0 Å². The van der Waals surface area contributed by atoms with Crippen LogP contribution in [0.5, 0.6) is 0 Å². The van der Waals surface area contributed by atoms with Gasteiger partial charge in [-0.15, -0.1) is 0 Å². The van der Waals surface area contributed by atoms with Crippen molar-refractivity contribution in [1.82, 2.24) is 15.1 Å². The summed E-state index contributed by atoms with van der Waals surface area (Å²) in [5.74, 6) is 0.335. The maximum atomic E-state index is 12.9. The maximum absolute atomic E-state index is 12.9. The normalized spacial score (nSPS) is 36.0. The first kappa shape index (κ1) is 18.2. The standard InChI is InChI=1S/C19H31N3O3/c1-4-15-8-10-19(11-9-15)17(24)21(18(25)20-19)12-16(23)22-13(2)6-5-7-14(22)3/h13-15H,4-12H2,1-3H3,(H,20,25)/t13-,14+,15?,19?. The van der Waals surface area contributed by atoms with Crippen LogP contribution in [0, 0.1) is 5.92 Å². The van der Waals surface area contributed by atoms with E-state index >= 15 is 0 Å². The summed E-state index contributed by atoms with van der Waals surface area (Å²) in [6.45, 7) is 6.14. The first-order valence-corrected chi connectivity index (χ1v) is 9.83. The van der Waals surface area contributed by atoms with E-state index in [9.17, 15) is 14.4 Å². The highest BCUT2D eigenvalue weighted by molar-refractivity contribution is 6.09. The van der Waals surface area contributed by atoms with Crippen LogP contribution in [-0.2, 0) is 9.59 Å². The van der Waals surface area contributed by atoms with Crippen molar-refractivity contribution in [3.63, 3.8) is 0 Å². The summed E-state index contributed by atoms with van der Waals surface area (Å²) in [7, 11) is 0. The molecular weight excluding hydrogens is 318 g/mol. The minimum absolute atomic E-state index is 0.109. The third-order valence-corrected chi connectivity index (χ3v) is 6.56. The molecule has 1 saturated carbocycles. The van der Waals surface area contributed by atoms with Crippen LogP contribution in [0.4, 0.5) is 4.79 Å². The molecule has 1 aliphatic carbocycles. The molecule has 25 heavy (non-hydrogen) atoms. The zero-order valence-corrected chi connectivity index (χ0v) is 15.7. The molecular formula is C19H31N3O3. The van der Waals surface area contributed by atoms with Crippen molar-refractivity contribution < 1.29 is 14.4 Å². The second-order valence-electron chi connectivity index (χ2n) is 8.19. The lowest BCUT2D eigenvalue weighted by Gasteiger charge is -2.39. The second-order valence-corrected chi connectivity index (χ2v) is 8.19. The summed E-state index contributed by atoms with van der Waals surface area (Å²) in [6, 6.07) is -0.0532. The minimum atomic E-state index is -0.762. The molecule has 0 bridgehead atoms. The zero-order valence-electron chi connectivity index (χ0n) is 15.7. The van der Waals surface area contributed by atoms with E-state index < -0.39 is 11.6 Å². The number of imide groups is 1. The van der Waals surface area contributed by atoms with E-state index in [1.807, 2.05) is 18.7 Å². The van der Waals surface area contributed by atoms with E-state index in [0.717, 1.165) is 43.4 Å². The molecule has 0 aromatic rings. The summed E-state index contributed by atoms with van der Waals surface area (Å²) in [5, 5.41) is 2.91. The molecule has 6 nitrogen and oxygen atoms in total. The van der Waals surface area contributed by atoms with Crippen LogP contribution in [0.2, 0.25) is 0 Å². The van der Waals surface area contributed by atoms with Gasteiger partial charge in [-0.3, -0.25) is 14.5 Å². The molecule has 3 fully saturated rings. The highest BCUT2D eigenvalue weighted by Crippen LogP contribution is 2.37. The lowest BCUT2D eigenvalue weighted by Crippen LogP contribution is -2.53. The molecule has 2 aliphatic heterocycles. The molecule has 6 heteroatoms. The average molecular weight is 349 g/mol. The Morgan fingerprint density at radius 3 is 2.28 bits per heavy atom. The van der Waals surface area contributed by atoms with Gasteiger partial charge < -0.3 is 10.2 Å². The largest absolute Gasteiger partial charge is 0.336 e. The molecule has 3 rings (SSSR count). The Balaban J connectivity index is 1.68. The fourth-order valence-corrected chi connectivity index (χ4v) is 4.87. The Morgan fingerprint density at radius 2 is 1.72 bits per heavy atom. The number of carbonyl (C=O) groups excluding carboxylic acids is 3. The number of urea groups is 1.